The van der Waals surface area contributed by atoms with Crippen LogP contribution in [-0.2, 0) is 13.9 Å². The third-order valence-electron chi connectivity index (χ3n) is 5.24. The number of aliphatic hydroxyl groups excluding tert-OH is 1. The number of H-pyrrole nitrogens is 1. The smallest absolute Gasteiger partial charge is 0.330 e. The fraction of sp³-hybridized carbons (Fsp3) is 0.750. The summed E-state index contributed by atoms with van der Waals surface area (Å²) < 4.78 is 18.3. The molecule has 0 unspecified atom stereocenters. The van der Waals surface area contributed by atoms with Crippen molar-refractivity contribution in [1.29, 1.82) is 0 Å². The normalized spacial score (nSPS) is 29.9. The van der Waals surface area contributed by atoms with Crippen LogP contribution in [0.25, 0.3) is 0 Å². The van der Waals surface area contributed by atoms with Gasteiger partial charge in [-0.25, -0.2) is 4.79 Å². The lowest BCUT2D eigenvalue weighted by Crippen LogP contribution is -2.57. The molecule has 1 aliphatic heterocycles. The van der Waals surface area contributed by atoms with Crippen molar-refractivity contribution in [2.75, 3.05) is 13.7 Å². The highest BCUT2D eigenvalue weighted by atomic mass is 28.4. The van der Waals surface area contributed by atoms with Gasteiger partial charge in [0.2, 0.25) is 5.79 Å². The predicted molar refractivity (Wildman–Crippen MR) is 96.3 cm³/mol. The second kappa shape index (κ2) is 7.02. The van der Waals surface area contributed by atoms with Crippen molar-refractivity contribution < 1.29 is 24.1 Å². The maximum Gasteiger partial charge on any atom is 0.330 e. The molecule has 0 amide bonds. The summed E-state index contributed by atoms with van der Waals surface area (Å²) >= 11 is 0. The van der Waals surface area contributed by atoms with Gasteiger partial charge in [0.25, 0.3) is 5.56 Å². The molecule has 0 aromatic carbocycles. The van der Waals surface area contributed by atoms with Gasteiger partial charge in [0.1, 0.15) is 12.2 Å². The van der Waals surface area contributed by atoms with Crippen LogP contribution in [0.5, 0.6) is 0 Å². The highest BCUT2D eigenvalue weighted by Gasteiger charge is 2.60. The van der Waals surface area contributed by atoms with E-state index in [1.54, 1.807) is 0 Å². The summed E-state index contributed by atoms with van der Waals surface area (Å²) in [6, 6.07) is 1.14. The third-order valence-corrected chi connectivity index (χ3v) is 9.70. The second-order valence-electron chi connectivity index (χ2n) is 7.98. The van der Waals surface area contributed by atoms with Crippen LogP contribution in [0.2, 0.25) is 18.1 Å². The molecule has 10 heteroatoms. The second-order valence-corrected chi connectivity index (χ2v) is 12.7. The lowest BCUT2D eigenvalue weighted by Gasteiger charge is -2.42. The number of hydrogen-bond acceptors (Lipinski definition) is 7. The van der Waals surface area contributed by atoms with Crippen molar-refractivity contribution >= 4 is 8.32 Å². The largest absolute Gasteiger partial charge is 0.406 e. The van der Waals surface area contributed by atoms with Crippen molar-refractivity contribution in [3.63, 3.8) is 0 Å². The van der Waals surface area contributed by atoms with E-state index in [-0.39, 0.29) is 5.04 Å². The van der Waals surface area contributed by atoms with Gasteiger partial charge in [-0.3, -0.25) is 14.3 Å². The highest BCUT2D eigenvalue weighted by molar-refractivity contribution is 6.74. The molecule has 0 saturated carbocycles. The summed E-state index contributed by atoms with van der Waals surface area (Å²) in [5.41, 5.74) is -1.33. The minimum Gasteiger partial charge on any atom is -0.406 e. The summed E-state index contributed by atoms with van der Waals surface area (Å²) in [6.45, 7) is 9.68. The molecule has 0 aliphatic carbocycles. The molecule has 0 radical (unpaired) electrons. The van der Waals surface area contributed by atoms with Crippen LogP contribution in [0.1, 0.15) is 27.0 Å². The molecule has 4 atom stereocenters. The molecule has 1 saturated heterocycles. The molecule has 1 aliphatic rings. The standard InChI is InChI=1S/C16H28N2O7Si/c1-15(2,3)26(5,6)25-12-10(9-19)24-13(16(12,22)23-4)18-8-7-11(20)17-14(18)21/h7-8,10,12-13,19,22H,9H2,1-6H3,(H,17,20,21)/t10-,12-,13-,16+/m1/s1. The summed E-state index contributed by atoms with van der Waals surface area (Å²) in [4.78, 5) is 25.6. The zero-order chi connectivity index (χ0) is 19.9. The van der Waals surface area contributed by atoms with Gasteiger partial charge >= 0.3 is 5.69 Å². The van der Waals surface area contributed by atoms with Crippen molar-refractivity contribution in [3.05, 3.63) is 33.1 Å². The monoisotopic (exact) mass is 388 g/mol. The lowest BCUT2D eigenvalue weighted by molar-refractivity contribution is -0.262. The molecule has 0 spiro atoms. The molecule has 2 rings (SSSR count). The van der Waals surface area contributed by atoms with Gasteiger partial charge in [-0.1, -0.05) is 20.8 Å². The van der Waals surface area contributed by atoms with E-state index in [1.807, 2.05) is 33.9 Å². The number of nitrogens with one attached hydrogen (secondary N) is 1. The van der Waals surface area contributed by atoms with Gasteiger partial charge in [0, 0.05) is 19.4 Å². The molecule has 9 nitrogen and oxygen atoms in total. The van der Waals surface area contributed by atoms with Crippen LogP contribution < -0.4 is 11.2 Å². The van der Waals surface area contributed by atoms with Crippen LogP contribution in [0.3, 0.4) is 0 Å². The summed E-state index contributed by atoms with van der Waals surface area (Å²) in [6.07, 6.45) is -2.00. The maximum atomic E-state index is 12.1. The number of methoxy groups -OCH3 is 1. The maximum absolute atomic E-state index is 12.1. The fourth-order valence-electron chi connectivity index (χ4n) is 2.63. The number of aromatic amines is 1. The van der Waals surface area contributed by atoms with Crippen molar-refractivity contribution in [2.45, 2.75) is 63.1 Å². The average Bonchev–Trinajstić information content (AvgIpc) is 2.79. The van der Waals surface area contributed by atoms with E-state index in [4.69, 9.17) is 13.9 Å². The molecule has 1 aromatic rings. The van der Waals surface area contributed by atoms with E-state index in [1.165, 1.54) is 13.3 Å². The van der Waals surface area contributed by atoms with E-state index in [9.17, 15) is 19.8 Å². The topological polar surface area (TPSA) is 123 Å². The van der Waals surface area contributed by atoms with E-state index < -0.39 is 50.4 Å². The summed E-state index contributed by atoms with van der Waals surface area (Å²) in [5.74, 6) is -2.02. The Morgan fingerprint density at radius 2 is 2.00 bits per heavy atom. The molecule has 26 heavy (non-hydrogen) atoms. The minimum atomic E-state index is -2.36. The van der Waals surface area contributed by atoms with Crippen molar-refractivity contribution in [2.24, 2.45) is 0 Å². The first kappa shape index (κ1) is 21.0. The molecule has 1 fully saturated rings. The first-order valence-corrected chi connectivity index (χ1v) is 11.3. The van der Waals surface area contributed by atoms with Crippen LogP contribution in [0, 0.1) is 0 Å². The zero-order valence-electron chi connectivity index (χ0n) is 16.0. The first-order chi connectivity index (χ1) is 11.9. The first-order valence-electron chi connectivity index (χ1n) is 8.40. The van der Waals surface area contributed by atoms with E-state index >= 15 is 0 Å². The number of ether oxygens (including phenoxy) is 2. The number of hydrogen-bond donors (Lipinski definition) is 3. The Bertz CT molecular complexity index is 754. The van der Waals surface area contributed by atoms with Crippen LogP contribution in [0.15, 0.2) is 21.9 Å². The van der Waals surface area contributed by atoms with Gasteiger partial charge in [-0.15, -0.1) is 0 Å². The van der Waals surface area contributed by atoms with Gasteiger partial charge in [0.15, 0.2) is 14.5 Å². The molecular weight excluding hydrogens is 360 g/mol. The summed E-state index contributed by atoms with van der Waals surface area (Å²) in [5, 5.41) is 20.8. The molecule has 0 bridgehead atoms. The van der Waals surface area contributed by atoms with E-state index in [2.05, 4.69) is 4.98 Å². The van der Waals surface area contributed by atoms with Crippen LogP contribution >= 0.6 is 0 Å². The lowest BCUT2D eigenvalue weighted by atomic mass is 10.1. The van der Waals surface area contributed by atoms with Gasteiger partial charge < -0.3 is 24.1 Å². The fourth-order valence-corrected chi connectivity index (χ4v) is 3.94. The minimum absolute atomic E-state index is 0.158. The van der Waals surface area contributed by atoms with E-state index in [0.29, 0.717) is 0 Å². The number of nitrogens with zero attached hydrogens (tertiary/aromatic N) is 1. The number of rotatable bonds is 5. The predicted octanol–water partition coefficient (Wildman–Crippen LogP) is 0.152. The van der Waals surface area contributed by atoms with Gasteiger partial charge in [0.05, 0.1) is 6.61 Å². The number of aliphatic hydroxyl groups is 2. The molecule has 3 N–H and O–H groups in total. The molecule has 1 aromatic heterocycles. The van der Waals surface area contributed by atoms with Gasteiger partial charge in [-0.2, -0.15) is 0 Å². The van der Waals surface area contributed by atoms with Gasteiger partial charge in [-0.05, 0) is 18.1 Å². The Morgan fingerprint density at radius 1 is 1.38 bits per heavy atom. The Labute approximate surface area is 152 Å². The summed E-state index contributed by atoms with van der Waals surface area (Å²) in [7, 11) is -1.09. The van der Waals surface area contributed by atoms with Crippen LogP contribution in [-0.4, -0.2) is 59.8 Å². The Balaban J connectivity index is 2.49. The Kier molecular flexibility index (Phi) is 5.67. The number of aromatic nitrogens is 2. The highest BCUT2D eigenvalue weighted by Crippen LogP contribution is 2.45. The quantitative estimate of drug-likeness (QED) is 0.485. The van der Waals surface area contributed by atoms with E-state index in [0.717, 1.165) is 10.6 Å². The average molecular weight is 388 g/mol. The van der Waals surface area contributed by atoms with Crippen molar-refractivity contribution in [3.8, 4) is 0 Å². The molecule has 148 valence electrons. The third kappa shape index (κ3) is 3.57. The molecular formula is C16H28N2O7Si. The van der Waals surface area contributed by atoms with Crippen LogP contribution in [0.4, 0.5) is 0 Å². The zero-order valence-corrected chi connectivity index (χ0v) is 17.0. The SMILES string of the molecule is CO[C@@]1(O)[C@H](O[Si](C)(C)C(C)(C)C)[C@@H](CO)O[C@H]1n1ccc(=O)[nH]c1=O. The Hall–Kier alpha value is -1.30. The molecule has 2 heterocycles. The Morgan fingerprint density at radius 3 is 2.46 bits per heavy atom. The van der Waals surface area contributed by atoms with Crippen molar-refractivity contribution in [1.82, 2.24) is 9.55 Å².